The van der Waals surface area contributed by atoms with Gasteiger partial charge in [0.05, 0.1) is 7.11 Å². The third kappa shape index (κ3) is 4.05. The van der Waals surface area contributed by atoms with Crippen LogP contribution in [0.2, 0.25) is 0 Å². The molecule has 0 unspecified atom stereocenters. The first-order chi connectivity index (χ1) is 11.2. The molecule has 0 aliphatic rings. The van der Waals surface area contributed by atoms with E-state index >= 15 is 0 Å². The van der Waals surface area contributed by atoms with Crippen molar-refractivity contribution in [3.05, 3.63) is 65.2 Å². The van der Waals surface area contributed by atoms with Crippen molar-refractivity contribution in [3.63, 3.8) is 0 Å². The molecule has 24 heavy (non-hydrogen) atoms. The Labute approximate surface area is 138 Å². The molecular weight excluding hydrogens is 338 g/mol. The Hall–Kier alpha value is -2.54. The summed E-state index contributed by atoms with van der Waals surface area (Å²) in [5, 5.41) is 0. The minimum Gasteiger partial charge on any atom is -0.495 e. The van der Waals surface area contributed by atoms with Gasteiger partial charge in [-0.2, -0.15) is 0 Å². The van der Waals surface area contributed by atoms with Gasteiger partial charge in [0.1, 0.15) is 22.3 Å². The summed E-state index contributed by atoms with van der Waals surface area (Å²) >= 11 is 0. The molecular formula is C17H14F2O4S. The largest absolute Gasteiger partial charge is 0.495 e. The van der Waals surface area contributed by atoms with E-state index in [1.807, 2.05) is 0 Å². The van der Waals surface area contributed by atoms with Gasteiger partial charge in [-0.05, 0) is 48.6 Å². The van der Waals surface area contributed by atoms with Gasteiger partial charge >= 0.3 is 0 Å². The van der Waals surface area contributed by atoms with Crippen LogP contribution in [0.3, 0.4) is 0 Å². The molecule has 0 saturated carbocycles. The van der Waals surface area contributed by atoms with Gasteiger partial charge in [-0.1, -0.05) is 0 Å². The molecule has 0 bridgehead atoms. The average molecular weight is 352 g/mol. The molecule has 4 nitrogen and oxygen atoms in total. The highest BCUT2D eigenvalue weighted by atomic mass is 32.2. The van der Waals surface area contributed by atoms with E-state index in [4.69, 9.17) is 4.74 Å². The first kappa shape index (κ1) is 17.8. The third-order valence-corrected chi connectivity index (χ3v) is 4.36. The monoisotopic (exact) mass is 352 g/mol. The van der Waals surface area contributed by atoms with Gasteiger partial charge < -0.3 is 4.74 Å². The van der Waals surface area contributed by atoms with Crippen molar-refractivity contribution in [2.24, 2.45) is 0 Å². The first-order valence-corrected chi connectivity index (χ1v) is 8.67. The number of sulfone groups is 1. The van der Waals surface area contributed by atoms with Crippen LogP contribution in [0.4, 0.5) is 8.78 Å². The summed E-state index contributed by atoms with van der Waals surface area (Å²) in [7, 11) is -2.21. The van der Waals surface area contributed by atoms with Crippen LogP contribution < -0.4 is 4.74 Å². The number of ether oxygens (including phenoxy) is 1. The number of carbonyl (C=O) groups excluding carboxylic acids is 1. The van der Waals surface area contributed by atoms with Crippen LogP contribution in [0.15, 0.2) is 47.4 Å². The second-order valence-corrected chi connectivity index (χ2v) is 6.99. The summed E-state index contributed by atoms with van der Waals surface area (Å²) < 4.78 is 54.8. The van der Waals surface area contributed by atoms with Crippen LogP contribution in [0.25, 0.3) is 6.08 Å². The van der Waals surface area contributed by atoms with Gasteiger partial charge in [0.25, 0.3) is 0 Å². The van der Waals surface area contributed by atoms with Crippen molar-refractivity contribution in [1.82, 2.24) is 0 Å². The summed E-state index contributed by atoms with van der Waals surface area (Å²) in [5.41, 5.74) is 0.0929. The van der Waals surface area contributed by atoms with Crippen LogP contribution in [0.5, 0.6) is 5.75 Å². The lowest BCUT2D eigenvalue weighted by atomic mass is 10.1. The number of methoxy groups -OCH3 is 1. The lowest BCUT2D eigenvalue weighted by Crippen LogP contribution is -2.03. The van der Waals surface area contributed by atoms with Gasteiger partial charge in [-0.15, -0.1) is 0 Å². The Bertz CT molecular complexity index is 918. The second-order valence-electron chi connectivity index (χ2n) is 5.00. The fourth-order valence-corrected chi connectivity index (χ4v) is 2.85. The van der Waals surface area contributed by atoms with Crippen molar-refractivity contribution in [2.45, 2.75) is 4.90 Å². The molecule has 0 amide bonds. The summed E-state index contributed by atoms with van der Waals surface area (Å²) in [4.78, 5) is 12.1. The molecule has 0 aliphatic heterocycles. The van der Waals surface area contributed by atoms with E-state index in [9.17, 15) is 22.0 Å². The molecule has 0 aliphatic carbocycles. The zero-order valence-corrected chi connectivity index (χ0v) is 13.7. The average Bonchev–Trinajstić information content (AvgIpc) is 2.53. The topological polar surface area (TPSA) is 60.4 Å². The van der Waals surface area contributed by atoms with Crippen LogP contribution in [0, 0.1) is 11.6 Å². The number of rotatable bonds is 5. The zero-order chi connectivity index (χ0) is 17.9. The van der Waals surface area contributed by atoms with Crippen molar-refractivity contribution in [1.29, 1.82) is 0 Å². The number of carbonyl (C=O) groups is 1. The van der Waals surface area contributed by atoms with E-state index in [-0.39, 0.29) is 21.8 Å². The first-order valence-electron chi connectivity index (χ1n) is 6.78. The fraction of sp³-hybridized carbons (Fsp3) is 0.118. The van der Waals surface area contributed by atoms with E-state index in [0.717, 1.165) is 36.6 Å². The Morgan fingerprint density at radius 1 is 1.12 bits per heavy atom. The summed E-state index contributed by atoms with van der Waals surface area (Å²) in [5.74, 6) is -1.75. The maximum absolute atomic E-state index is 13.5. The highest BCUT2D eigenvalue weighted by Gasteiger charge is 2.16. The Balaban J connectivity index is 2.33. The maximum Gasteiger partial charge on any atom is 0.185 e. The van der Waals surface area contributed by atoms with E-state index in [0.29, 0.717) is 0 Å². The molecule has 126 valence electrons. The van der Waals surface area contributed by atoms with Crippen LogP contribution in [-0.4, -0.2) is 27.6 Å². The van der Waals surface area contributed by atoms with E-state index in [1.165, 1.54) is 25.3 Å². The SMILES string of the molecule is COc1cc(C(=O)/C=C/c2cc(F)ccc2F)ccc1S(C)(=O)=O. The lowest BCUT2D eigenvalue weighted by Gasteiger charge is -2.08. The van der Waals surface area contributed by atoms with Gasteiger partial charge in [-0.3, -0.25) is 4.79 Å². The molecule has 0 fully saturated rings. The molecule has 2 aromatic rings. The zero-order valence-electron chi connectivity index (χ0n) is 12.9. The summed E-state index contributed by atoms with van der Waals surface area (Å²) in [6.45, 7) is 0. The molecule has 0 N–H and O–H groups in total. The number of hydrogen-bond acceptors (Lipinski definition) is 4. The van der Waals surface area contributed by atoms with E-state index in [2.05, 4.69) is 0 Å². The molecule has 2 aromatic carbocycles. The van der Waals surface area contributed by atoms with Crippen molar-refractivity contribution in [2.75, 3.05) is 13.4 Å². The highest BCUT2D eigenvalue weighted by Crippen LogP contribution is 2.25. The number of allylic oxidation sites excluding steroid dienone is 1. The summed E-state index contributed by atoms with van der Waals surface area (Å²) in [6, 6.07) is 6.77. The molecule has 0 radical (unpaired) electrons. The number of ketones is 1. The molecule has 7 heteroatoms. The van der Waals surface area contributed by atoms with E-state index in [1.54, 1.807) is 0 Å². The fourth-order valence-electron chi connectivity index (χ4n) is 2.03. The van der Waals surface area contributed by atoms with Crippen molar-refractivity contribution in [3.8, 4) is 5.75 Å². The summed E-state index contributed by atoms with van der Waals surface area (Å²) in [6.07, 6.45) is 3.25. The smallest absolute Gasteiger partial charge is 0.185 e. The van der Waals surface area contributed by atoms with Crippen LogP contribution in [-0.2, 0) is 9.84 Å². The molecule has 2 rings (SSSR count). The Morgan fingerprint density at radius 3 is 2.46 bits per heavy atom. The molecule has 0 saturated heterocycles. The number of benzene rings is 2. The normalized spacial score (nSPS) is 11.7. The van der Waals surface area contributed by atoms with E-state index < -0.39 is 27.3 Å². The second kappa shape index (κ2) is 6.92. The lowest BCUT2D eigenvalue weighted by molar-refractivity contribution is 0.104. The predicted octanol–water partition coefficient (Wildman–Crippen LogP) is 3.27. The maximum atomic E-state index is 13.5. The molecule has 0 spiro atoms. The van der Waals surface area contributed by atoms with Crippen molar-refractivity contribution >= 4 is 21.7 Å². The number of hydrogen-bond donors (Lipinski definition) is 0. The van der Waals surface area contributed by atoms with Crippen molar-refractivity contribution < 1.29 is 26.7 Å². The third-order valence-electron chi connectivity index (χ3n) is 3.22. The van der Waals surface area contributed by atoms with Gasteiger partial charge in [0, 0.05) is 17.4 Å². The number of halogens is 2. The van der Waals surface area contributed by atoms with Gasteiger partial charge in [0.2, 0.25) is 0 Å². The predicted molar refractivity (Wildman–Crippen MR) is 85.8 cm³/mol. The quantitative estimate of drug-likeness (QED) is 0.612. The van der Waals surface area contributed by atoms with Crippen LogP contribution in [0.1, 0.15) is 15.9 Å². The Kier molecular flexibility index (Phi) is 5.14. The van der Waals surface area contributed by atoms with Gasteiger partial charge in [-0.25, -0.2) is 17.2 Å². The Morgan fingerprint density at radius 2 is 1.83 bits per heavy atom. The van der Waals surface area contributed by atoms with Gasteiger partial charge in [0.15, 0.2) is 15.6 Å². The standard InChI is InChI=1S/C17H14F2O4S/c1-23-16-10-12(4-8-17(16)24(2,21)22)15(20)7-3-11-9-13(18)5-6-14(11)19/h3-10H,1-2H3/b7-3+. The highest BCUT2D eigenvalue weighted by molar-refractivity contribution is 7.90. The van der Waals surface area contributed by atoms with Crippen LogP contribution >= 0.6 is 0 Å². The molecule has 0 aromatic heterocycles. The molecule has 0 heterocycles. The molecule has 0 atom stereocenters. The minimum absolute atomic E-state index is 0.0358. The minimum atomic E-state index is -3.50.